The summed E-state index contributed by atoms with van der Waals surface area (Å²) in [6, 6.07) is 20.5. The first-order valence-corrected chi connectivity index (χ1v) is 12.8. The average molecular weight is 465 g/mol. The lowest BCUT2D eigenvalue weighted by atomic mass is 9.87. The van der Waals surface area contributed by atoms with Crippen molar-refractivity contribution >= 4 is 27.3 Å². The first-order valence-electron chi connectivity index (χ1n) is 10.9. The molecule has 0 heterocycles. The van der Waals surface area contributed by atoms with Gasteiger partial charge >= 0.3 is 0 Å². The Morgan fingerprint density at radius 2 is 1.48 bits per heavy atom. The molecule has 3 aromatic carbocycles. The molecule has 0 atom stereocenters. The van der Waals surface area contributed by atoms with Crippen molar-refractivity contribution < 1.29 is 13.2 Å². The van der Waals surface area contributed by atoms with E-state index < -0.39 is 10.0 Å². The zero-order valence-corrected chi connectivity index (χ0v) is 21.0. The van der Waals surface area contributed by atoms with Gasteiger partial charge in [-0.1, -0.05) is 51.1 Å². The predicted molar refractivity (Wildman–Crippen MR) is 136 cm³/mol. The minimum absolute atomic E-state index is 0.0511. The molecule has 0 saturated heterocycles. The Balaban J connectivity index is 1.74. The Hall–Kier alpha value is -3.12. The van der Waals surface area contributed by atoms with Gasteiger partial charge in [0.15, 0.2) is 0 Å². The number of carbonyl (C=O) groups is 1. The lowest BCUT2D eigenvalue weighted by Crippen LogP contribution is -2.29. The van der Waals surface area contributed by atoms with Gasteiger partial charge in [0, 0.05) is 11.3 Å². The lowest BCUT2D eigenvalue weighted by Gasteiger charge is -2.23. The highest BCUT2D eigenvalue weighted by molar-refractivity contribution is 7.92. The van der Waals surface area contributed by atoms with Crippen molar-refractivity contribution in [2.45, 2.75) is 46.6 Å². The zero-order chi connectivity index (χ0) is 24.4. The van der Waals surface area contributed by atoms with E-state index in [0.717, 1.165) is 22.4 Å². The van der Waals surface area contributed by atoms with Crippen LogP contribution < -0.4 is 9.62 Å². The van der Waals surface area contributed by atoms with Crippen molar-refractivity contribution in [2.24, 2.45) is 0 Å². The number of amides is 1. The SMILES string of the molecule is Cc1ccc(N(Cc2ccc(C(=O)Nc3ccc(C(C)(C)C)cc3)cc2)S(C)(=O)=O)cc1C. The summed E-state index contributed by atoms with van der Waals surface area (Å²) in [7, 11) is -3.47. The summed E-state index contributed by atoms with van der Waals surface area (Å²) >= 11 is 0. The molecule has 0 spiro atoms. The number of carbonyl (C=O) groups excluding carboxylic acids is 1. The van der Waals surface area contributed by atoms with Crippen molar-refractivity contribution in [1.82, 2.24) is 0 Å². The monoisotopic (exact) mass is 464 g/mol. The number of aryl methyl sites for hydroxylation is 2. The van der Waals surface area contributed by atoms with Gasteiger partial charge in [0.25, 0.3) is 5.91 Å². The number of nitrogens with zero attached hydrogens (tertiary/aromatic N) is 1. The molecule has 0 saturated carbocycles. The van der Waals surface area contributed by atoms with Crippen LogP contribution in [0.25, 0.3) is 0 Å². The number of hydrogen-bond donors (Lipinski definition) is 1. The number of nitrogens with one attached hydrogen (secondary N) is 1. The van der Waals surface area contributed by atoms with E-state index in [2.05, 4.69) is 26.1 Å². The molecule has 174 valence electrons. The van der Waals surface area contributed by atoms with Crippen LogP contribution in [0, 0.1) is 13.8 Å². The van der Waals surface area contributed by atoms with E-state index in [0.29, 0.717) is 11.3 Å². The van der Waals surface area contributed by atoms with Crippen LogP contribution >= 0.6 is 0 Å². The highest BCUT2D eigenvalue weighted by Crippen LogP contribution is 2.25. The van der Waals surface area contributed by atoms with E-state index in [9.17, 15) is 13.2 Å². The Bertz CT molecular complexity index is 1240. The van der Waals surface area contributed by atoms with Gasteiger partial charge in [0.05, 0.1) is 18.5 Å². The Morgan fingerprint density at radius 1 is 0.879 bits per heavy atom. The van der Waals surface area contributed by atoms with Crippen LogP contribution in [0.5, 0.6) is 0 Å². The highest BCUT2D eigenvalue weighted by atomic mass is 32.2. The third kappa shape index (κ3) is 6.23. The smallest absolute Gasteiger partial charge is 0.255 e. The number of benzene rings is 3. The summed E-state index contributed by atoms with van der Waals surface area (Å²) in [5.41, 5.74) is 6.05. The second-order valence-electron chi connectivity index (χ2n) is 9.52. The third-order valence-electron chi connectivity index (χ3n) is 5.73. The van der Waals surface area contributed by atoms with Crippen molar-refractivity contribution in [2.75, 3.05) is 15.9 Å². The lowest BCUT2D eigenvalue weighted by molar-refractivity contribution is 0.102. The molecule has 0 bridgehead atoms. The minimum Gasteiger partial charge on any atom is -0.322 e. The van der Waals surface area contributed by atoms with Crippen LogP contribution in [0.2, 0.25) is 0 Å². The number of anilines is 2. The molecular weight excluding hydrogens is 432 g/mol. The zero-order valence-electron chi connectivity index (χ0n) is 20.1. The van der Waals surface area contributed by atoms with Crippen LogP contribution in [0.3, 0.4) is 0 Å². The number of hydrogen-bond acceptors (Lipinski definition) is 3. The molecule has 1 amide bonds. The summed E-state index contributed by atoms with van der Waals surface area (Å²) in [4.78, 5) is 12.7. The summed E-state index contributed by atoms with van der Waals surface area (Å²) in [5, 5.41) is 2.91. The fourth-order valence-electron chi connectivity index (χ4n) is 3.46. The largest absolute Gasteiger partial charge is 0.322 e. The Labute approximate surface area is 197 Å². The number of rotatable bonds is 6. The van der Waals surface area contributed by atoms with E-state index >= 15 is 0 Å². The predicted octanol–water partition coefficient (Wildman–Crippen LogP) is 5.82. The van der Waals surface area contributed by atoms with Crippen LogP contribution in [0.1, 0.15) is 53.4 Å². The van der Waals surface area contributed by atoms with E-state index in [-0.39, 0.29) is 17.9 Å². The molecule has 1 N–H and O–H groups in total. The van der Waals surface area contributed by atoms with Crippen molar-refractivity contribution in [3.8, 4) is 0 Å². The van der Waals surface area contributed by atoms with Gasteiger partial charge in [-0.25, -0.2) is 8.42 Å². The minimum atomic E-state index is -3.47. The first-order chi connectivity index (χ1) is 15.3. The van der Waals surface area contributed by atoms with Crippen molar-refractivity contribution in [3.05, 3.63) is 94.5 Å². The van der Waals surface area contributed by atoms with E-state index in [1.54, 1.807) is 24.3 Å². The van der Waals surface area contributed by atoms with Gasteiger partial charge in [0.1, 0.15) is 0 Å². The molecule has 0 unspecified atom stereocenters. The topological polar surface area (TPSA) is 66.5 Å². The van der Waals surface area contributed by atoms with Gasteiger partial charge in [-0.05, 0) is 77.9 Å². The molecule has 6 heteroatoms. The first kappa shape index (κ1) is 24.5. The van der Waals surface area contributed by atoms with E-state index in [1.807, 2.05) is 56.3 Å². The van der Waals surface area contributed by atoms with Gasteiger partial charge in [0.2, 0.25) is 10.0 Å². The Morgan fingerprint density at radius 3 is 2.00 bits per heavy atom. The normalized spacial score (nSPS) is 11.8. The molecule has 3 aromatic rings. The van der Waals surface area contributed by atoms with Crippen LogP contribution in [-0.2, 0) is 22.0 Å². The molecule has 33 heavy (non-hydrogen) atoms. The van der Waals surface area contributed by atoms with E-state index in [1.165, 1.54) is 16.1 Å². The maximum atomic E-state index is 12.7. The number of sulfonamides is 1. The standard InChI is InChI=1S/C27H32N2O3S/c1-19-7-16-25(17-20(19)2)29(33(6,31)32)18-21-8-10-22(11-9-21)26(30)28-24-14-12-23(13-15-24)27(3,4)5/h7-17H,18H2,1-6H3,(H,28,30). The van der Waals surface area contributed by atoms with Gasteiger partial charge in [-0.2, -0.15) is 0 Å². The quantitative estimate of drug-likeness (QED) is 0.500. The van der Waals surface area contributed by atoms with Gasteiger partial charge < -0.3 is 5.32 Å². The highest BCUT2D eigenvalue weighted by Gasteiger charge is 2.19. The molecule has 0 aromatic heterocycles. The molecule has 0 aliphatic heterocycles. The second kappa shape index (κ2) is 9.40. The fraction of sp³-hybridized carbons (Fsp3) is 0.296. The van der Waals surface area contributed by atoms with Crippen molar-refractivity contribution in [3.63, 3.8) is 0 Å². The molecule has 3 rings (SSSR count). The van der Waals surface area contributed by atoms with Crippen LogP contribution in [-0.4, -0.2) is 20.6 Å². The second-order valence-corrected chi connectivity index (χ2v) is 11.4. The molecule has 0 aliphatic carbocycles. The fourth-order valence-corrected chi connectivity index (χ4v) is 4.35. The van der Waals surface area contributed by atoms with Crippen molar-refractivity contribution in [1.29, 1.82) is 0 Å². The molecule has 0 aliphatic rings. The summed E-state index contributed by atoms with van der Waals surface area (Å²) < 4.78 is 26.3. The molecule has 0 fully saturated rings. The Kier molecular flexibility index (Phi) is 6.98. The summed E-state index contributed by atoms with van der Waals surface area (Å²) in [5.74, 6) is -0.209. The summed E-state index contributed by atoms with van der Waals surface area (Å²) in [6.07, 6.45) is 1.20. The van der Waals surface area contributed by atoms with Gasteiger partial charge in [-0.3, -0.25) is 9.10 Å². The van der Waals surface area contributed by atoms with E-state index in [4.69, 9.17) is 0 Å². The third-order valence-corrected chi connectivity index (χ3v) is 6.87. The molecular formula is C27H32N2O3S. The maximum absolute atomic E-state index is 12.7. The molecule has 5 nitrogen and oxygen atoms in total. The van der Waals surface area contributed by atoms with Crippen LogP contribution in [0.4, 0.5) is 11.4 Å². The maximum Gasteiger partial charge on any atom is 0.255 e. The van der Waals surface area contributed by atoms with Gasteiger partial charge in [-0.15, -0.1) is 0 Å². The van der Waals surface area contributed by atoms with Crippen LogP contribution in [0.15, 0.2) is 66.7 Å². The average Bonchev–Trinajstić information content (AvgIpc) is 2.73. The molecule has 0 radical (unpaired) electrons. The summed E-state index contributed by atoms with van der Waals surface area (Å²) in [6.45, 7) is 10.6.